The average Bonchev–Trinajstić information content (AvgIpc) is 3.58. The van der Waals surface area contributed by atoms with E-state index in [4.69, 9.17) is 23.4 Å². The predicted octanol–water partition coefficient (Wildman–Crippen LogP) is 3.73. The first-order valence-corrected chi connectivity index (χ1v) is 14.9. The maximum absolute atomic E-state index is 12.0. The Bertz CT molecular complexity index is 1220. The third-order valence-electron chi connectivity index (χ3n) is 7.33. The van der Waals surface area contributed by atoms with Crippen LogP contribution in [0.4, 0.5) is 0 Å². The van der Waals surface area contributed by atoms with Gasteiger partial charge in [-0.25, -0.2) is 4.79 Å². The van der Waals surface area contributed by atoms with Crippen LogP contribution in [0.1, 0.15) is 56.9 Å². The molecule has 0 aliphatic carbocycles. The molecular weight excluding hydrogens is 500 g/mol. The van der Waals surface area contributed by atoms with Gasteiger partial charge in [-0.15, -0.1) is 0 Å². The van der Waals surface area contributed by atoms with Crippen molar-refractivity contribution in [2.75, 3.05) is 13.7 Å². The van der Waals surface area contributed by atoms with Gasteiger partial charge in [0.2, 0.25) is 0 Å². The van der Waals surface area contributed by atoms with Crippen LogP contribution in [-0.4, -0.2) is 62.3 Å². The zero-order valence-corrected chi connectivity index (χ0v) is 23.8. The molecular formula is C29H36N2O6Si. The van der Waals surface area contributed by atoms with Gasteiger partial charge in [-0.3, -0.25) is 5.10 Å². The van der Waals surface area contributed by atoms with Crippen molar-refractivity contribution in [1.29, 1.82) is 0 Å². The van der Waals surface area contributed by atoms with Crippen LogP contribution in [-0.2, 0) is 23.4 Å². The molecule has 2 aliphatic heterocycles. The number of carbonyl (C=O) groups excluding carboxylic acids is 1. The number of H-pyrrole nitrogens is 1. The van der Waals surface area contributed by atoms with Crippen LogP contribution in [0.3, 0.4) is 0 Å². The van der Waals surface area contributed by atoms with E-state index < -0.39 is 32.3 Å². The van der Waals surface area contributed by atoms with Gasteiger partial charge in [-0.05, 0) is 35.3 Å². The minimum atomic E-state index is -2.77. The van der Waals surface area contributed by atoms with Crippen LogP contribution in [0, 0.1) is 0 Å². The molecule has 0 amide bonds. The van der Waals surface area contributed by atoms with Gasteiger partial charge in [0, 0.05) is 0 Å². The number of methoxy groups -OCH3 is 1. The highest BCUT2D eigenvalue weighted by atomic mass is 28.4. The van der Waals surface area contributed by atoms with Crippen molar-refractivity contribution in [3.8, 4) is 0 Å². The number of hydrogen-bond donors (Lipinski definition) is 1. The minimum Gasteiger partial charge on any atom is -0.464 e. The first kappa shape index (κ1) is 26.8. The van der Waals surface area contributed by atoms with Gasteiger partial charge in [-0.1, -0.05) is 81.4 Å². The van der Waals surface area contributed by atoms with Gasteiger partial charge < -0.3 is 23.4 Å². The second-order valence-corrected chi connectivity index (χ2v) is 15.6. The highest BCUT2D eigenvalue weighted by Crippen LogP contribution is 2.46. The van der Waals surface area contributed by atoms with E-state index >= 15 is 0 Å². The van der Waals surface area contributed by atoms with Crippen molar-refractivity contribution >= 4 is 24.7 Å². The number of carbonyl (C=O) groups is 1. The van der Waals surface area contributed by atoms with E-state index in [-0.39, 0.29) is 22.9 Å². The van der Waals surface area contributed by atoms with Crippen LogP contribution in [0.5, 0.6) is 0 Å². The van der Waals surface area contributed by atoms with Crippen molar-refractivity contribution in [1.82, 2.24) is 10.2 Å². The highest BCUT2D eigenvalue weighted by Gasteiger charge is 2.57. The zero-order valence-electron chi connectivity index (χ0n) is 22.8. The quantitative estimate of drug-likeness (QED) is 0.363. The molecule has 9 heteroatoms. The van der Waals surface area contributed by atoms with Crippen LogP contribution >= 0.6 is 0 Å². The molecule has 2 saturated heterocycles. The number of benzene rings is 2. The Balaban J connectivity index is 1.48. The van der Waals surface area contributed by atoms with Crippen LogP contribution < -0.4 is 10.4 Å². The maximum atomic E-state index is 12.0. The molecule has 5 rings (SSSR count). The normalized spacial score (nSPS) is 24.8. The summed E-state index contributed by atoms with van der Waals surface area (Å²) in [7, 11) is -1.44. The van der Waals surface area contributed by atoms with Gasteiger partial charge in [0.15, 0.2) is 11.5 Å². The van der Waals surface area contributed by atoms with E-state index in [0.29, 0.717) is 12.3 Å². The first-order valence-electron chi connectivity index (χ1n) is 13.0. The molecule has 202 valence electrons. The Kier molecular flexibility index (Phi) is 7.08. The summed E-state index contributed by atoms with van der Waals surface area (Å²) in [5.41, 5.74) is 0.822. The lowest BCUT2D eigenvalue weighted by Crippen LogP contribution is -2.67. The molecule has 2 aromatic carbocycles. The Labute approximate surface area is 224 Å². The summed E-state index contributed by atoms with van der Waals surface area (Å²) in [4.78, 5) is 12.0. The standard InChI is InChI=1S/C29H36N2O6Si/c1-28(2,3)38(19-13-9-7-10-14-19,20-15-11-8-12-16-20)34-18-23-25-26(37-29(4,5)36-25)24(35-23)21-17-22(31-30-21)27(32)33-6/h7-17,23-26H,18H2,1-6H3,(H,30,31)/t23-,24+,25+,26?/m1/s1. The fourth-order valence-electron chi connectivity index (χ4n) is 5.73. The number of hydrogen-bond acceptors (Lipinski definition) is 7. The number of esters is 1. The molecule has 1 N–H and O–H groups in total. The molecule has 3 aromatic rings. The van der Waals surface area contributed by atoms with E-state index in [2.05, 4.69) is 79.5 Å². The minimum absolute atomic E-state index is 0.168. The average molecular weight is 537 g/mol. The number of aromatic amines is 1. The summed E-state index contributed by atoms with van der Waals surface area (Å²) in [5.74, 6) is -1.30. The molecule has 2 aliphatic rings. The monoisotopic (exact) mass is 536 g/mol. The lowest BCUT2D eigenvalue weighted by atomic mass is 10.1. The Morgan fingerprint density at radius 2 is 1.58 bits per heavy atom. The van der Waals surface area contributed by atoms with Crippen LogP contribution in [0.2, 0.25) is 5.04 Å². The summed E-state index contributed by atoms with van der Waals surface area (Å²) < 4.78 is 31.1. The topological polar surface area (TPSA) is 91.9 Å². The number of ether oxygens (including phenoxy) is 4. The van der Waals surface area contributed by atoms with Crippen LogP contribution in [0.15, 0.2) is 66.7 Å². The number of fused-ring (bicyclic) bond motifs is 1. The smallest absolute Gasteiger partial charge is 0.358 e. The molecule has 3 heterocycles. The van der Waals surface area contributed by atoms with Crippen LogP contribution in [0.25, 0.3) is 0 Å². The molecule has 8 nitrogen and oxygen atoms in total. The molecule has 0 saturated carbocycles. The molecule has 1 aromatic heterocycles. The fraction of sp³-hybridized carbons (Fsp3) is 0.448. The van der Waals surface area contributed by atoms with Gasteiger partial charge in [0.05, 0.1) is 19.4 Å². The molecule has 4 atom stereocenters. The Morgan fingerprint density at radius 1 is 1.00 bits per heavy atom. The third-order valence-corrected chi connectivity index (χ3v) is 12.3. The van der Waals surface area contributed by atoms with Gasteiger partial charge in [-0.2, -0.15) is 5.10 Å². The van der Waals surface area contributed by atoms with Gasteiger partial charge >= 0.3 is 5.97 Å². The van der Waals surface area contributed by atoms with E-state index in [0.717, 1.165) is 0 Å². The molecule has 1 unspecified atom stereocenters. The zero-order chi connectivity index (χ0) is 27.1. The molecule has 0 radical (unpaired) electrons. The summed E-state index contributed by atoms with van der Waals surface area (Å²) in [6, 6.07) is 22.7. The molecule has 0 spiro atoms. The van der Waals surface area contributed by atoms with E-state index in [1.807, 2.05) is 26.0 Å². The lowest BCUT2D eigenvalue weighted by molar-refractivity contribution is -0.190. The van der Waals surface area contributed by atoms with E-state index in [9.17, 15) is 4.79 Å². The summed E-state index contributed by atoms with van der Waals surface area (Å²) in [5, 5.41) is 9.26. The number of rotatable bonds is 7. The summed E-state index contributed by atoms with van der Waals surface area (Å²) in [6.07, 6.45) is -1.62. The molecule has 0 bridgehead atoms. The summed E-state index contributed by atoms with van der Waals surface area (Å²) in [6.45, 7) is 10.9. The number of nitrogens with zero attached hydrogens (tertiary/aromatic N) is 1. The second kappa shape index (κ2) is 10.1. The fourth-order valence-corrected chi connectivity index (χ4v) is 10.3. The van der Waals surface area contributed by atoms with Gasteiger partial charge in [0.25, 0.3) is 8.32 Å². The lowest BCUT2D eigenvalue weighted by Gasteiger charge is -2.43. The van der Waals surface area contributed by atoms with Crippen molar-refractivity contribution < 1.29 is 28.2 Å². The van der Waals surface area contributed by atoms with E-state index in [1.54, 1.807) is 6.07 Å². The first-order chi connectivity index (χ1) is 18.1. The number of aromatic nitrogens is 2. The maximum Gasteiger partial charge on any atom is 0.358 e. The van der Waals surface area contributed by atoms with E-state index in [1.165, 1.54) is 17.5 Å². The second-order valence-electron chi connectivity index (χ2n) is 11.3. The molecule has 38 heavy (non-hydrogen) atoms. The Morgan fingerprint density at radius 3 is 2.13 bits per heavy atom. The largest absolute Gasteiger partial charge is 0.464 e. The van der Waals surface area contributed by atoms with Crippen molar-refractivity contribution in [3.63, 3.8) is 0 Å². The highest BCUT2D eigenvalue weighted by molar-refractivity contribution is 6.99. The molecule has 2 fully saturated rings. The Hall–Kier alpha value is -2.82. The number of nitrogens with one attached hydrogen (secondary N) is 1. The third kappa shape index (κ3) is 4.73. The predicted molar refractivity (Wildman–Crippen MR) is 145 cm³/mol. The summed E-state index contributed by atoms with van der Waals surface area (Å²) >= 11 is 0. The SMILES string of the molecule is COC(=O)c1cc([C@@H]2O[C@H](CO[Si](c3ccccc3)(c3ccccc3)C(C)(C)C)[C@@H]3OC(C)(C)OC32)[nH]n1. The van der Waals surface area contributed by atoms with Gasteiger partial charge in [0.1, 0.15) is 24.4 Å². The van der Waals surface area contributed by atoms with Crippen molar-refractivity contribution in [2.24, 2.45) is 0 Å². The van der Waals surface area contributed by atoms with Crippen molar-refractivity contribution in [2.45, 2.75) is 69.9 Å². The van der Waals surface area contributed by atoms with Crippen molar-refractivity contribution in [3.05, 3.63) is 78.1 Å².